The molecule has 0 bridgehead atoms. The van der Waals surface area contributed by atoms with E-state index in [9.17, 15) is 19.0 Å². The molecule has 9 nitrogen and oxygen atoms in total. The van der Waals surface area contributed by atoms with Crippen molar-refractivity contribution >= 4 is 19.8 Å². The van der Waals surface area contributed by atoms with E-state index in [4.69, 9.17) is 24.3 Å². The van der Waals surface area contributed by atoms with E-state index < -0.39 is 26.5 Å². The predicted octanol–water partition coefficient (Wildman–Crippen LogP) is 11.3. The van der Waals surface area contributed by atoms with Crippen molar-refractivity contribution in [3.63, 3.8) is 0 Å². The normalized spacial score (nSPS) is 13.3. The second-order valence-corrected chi connectivity index (χ2v) is 15.3. The monoisotopic (exact) mass is 720 g/mol. The summed E-state index contributed by atoms with van der Waals surface area (Å²) in [5.74, 6) is -0.815. The second-order valence-electron chi connectivity index (χ2n) is 13.9. The third kappa shape index (κ3) is 36.6. The summed E-state index contributed by atoms with van der Waals surface area (Å²) in [5.41, 5.74) is 5.34. The van der Waals surface area contributed by atoms with Crippen LogP contribution in [0.3, 0.4) is 0 Å². The molecule has 0 aliphatic heterocycles. The molecule has 0 aliphatic rings. The van der Waals surface area contributed by atoms with E-state index >= 15 is 0 Å². The summed E-state index contributed by atoms with van der Waals surface area (Å²) in [5, 5.41) is 0. The van der Waals surface area contributed by atoms with Gasteiger partial charge in [-0.3, -0.25) is 18.6 Å². The van der Waals surface area contributed by atoms with Crippen LogP contribution in [0.1, 0.15) is 206 Å². The molecular formula is C39H78NO8P. The molecule has 0 aromatic heterocycles. The molecule has 0 fully saturated rings. The number of rotatable bonds is 39. The summed E-state index contributed by atoms with van der Waals surface area (Å²) in [4.78, 5) is 34.8. The number of hydrogen-bond acceptors (Lipinski definition) is 8. The van der Waals surface area contributed by atoms with Crippen molar-refractivity contribution in [3.05, 3.63) is 0 Å². The van der Waals surface area contributed by atoms with Gasteiger partial charge in [-0.05, 0) is 12.8 Å². The molecule has 292 valence electrons. The molecule has 49 heavy (non-hydrogen) atoms. The zero-order valence-electron chi connectivity index (χ0n) is 31.9. The van der Waals surface area contributed by atoms with E-state index in [-0.39, 0.29) is 38.6 Å². The number of carbonyl (C=O) groups is 2. The number of esters is 2. The van der Waals surface area contributed by atoms with E-state index in [1.54, 1.807) is 0 Å². The van der Waals surface area contributed by atoms with E-state index in [1.807, 2.05) is 0 Å². The highest BCUT2D eigenvalue weighted by Crippen LogP contribution is 2.43. The maximum Gasteiger partial charge on any atom is 0.472 e. The molecule has 0 spiro atoms. The molecule has 0 aromatic carbocycles. The molecule has 0 saturated heterocycles. The van der Waals surface area contributed by atoms with Crippen molar-refractivity contribution in [2.45, 2.75) is 213 Å². The maximum absolute atomic E-state index is 12.5. The Morgan fingerprint density at radius 1 is 0.531 bits per heavy atom. The van der Waals surface area contributed by atoms with Crippen molar-refractivity contribution in [3.8, 4) is 0 Å². The molecule has 0 aromatic rings. The zero-order valence-corrected chi connectivity index (χ0v) is 32.8. The van der Waals surface area contributed by atoms with Crippen LogP contribution < -0.4 is 5.73 Å². The Kier molecular flexibility index (Phi) is 36.0. The second kappa shape index (κ2) is 36.8. The SMILES string of the molecule is CCCCCCCCCCCCCCCCCC(=O)OCC(COP(=O)(O)OCCN)OC(=O)CCCCCCCCCCCCCCC. The molecule has 2 unspecified atom stereocenters. The number of phosphoric ester groups is 1. The fourth-order valence-corrected chi connectivity index (χ4v) is 6.69. The van der Waals surface area contributed by atoms with E-state index in [0.717, 1.165) is 32.1 Å². The number of hydrogen-bond donors (Lipinski definition) is 2. The summed E-state index contributed by atoms with van der Waals surface area (Å²) in [6.45, 7) is 3.76. The highest BCUT2D eigenvalue weighted by atomic mass is 31.2. The average molecular weight is 720 g/mol. The van der Waals surface area contributed by atoms with Crippen molar-refractivity contribution in [1.29, 1.82) is 0 Å². The minimum atomic E-state index is -4.36. The summed E-state index contributed by atoms with van der Waals surface area (Å²) >= 11 is 0. The van der Waals surface area contributed by atoms with E-state index in [1.165, 1.54) is 141 Å². The lowest BCUT2D eigenvalue weighted by atomic mass is 10.0. The average Bonchev–Trinajstić information content (AvgIpc) is 3.08. The van der Waals surface area contributed by atoms with Gasteiger partial charge in [-0.1, -0.05) is 181 Å². The molecule has 3 N–H and O–H groups in total. The fraction of sp³-hybridized carbons (Fsp3) is 0.949. The van der Waals surface area contributed by atoms with Gasteiger partial charge in [0.2, 0.25) is 0 Å². The van der Waals surface area contributed by atoms with Crippen LogP contribution in [0.4, 0.5) is 0 Å². The summed E-state index contributed by atoms with van der Waals surface area (Å²) in [6, 6.07) is 0. The van der Waals surface area contributed by atoms with E-state index in [2.05, 4.69) is 13.8 Å². The molecule has 0 amide bonds. The minimum absolute atomic E-state index is 0.0579. The molecule has 0 aliphatic carbocycles. The number of carbonyl (C=O) groups excluding carboxylic acids is 2. The van der Waals surface area contributed by atoms with Crippen LogP contribution in [0.5, 0.6) is 0 Å². The smallest absolute Gasteiger partial charge is 0.462 e. The van der Waals surface area contributed by atoms with Gasteiger partial charge < -0.3 is 20.1 Å². The predicted molar refractivity (Wildman–Crippen MR) is 201 cm³/mol. The lowest BCUT2D eigenvalue weighted by Crippen LogP contribution is -2.29. The van der Waals surface area contributed by atoms with Crippen LogP contribution in [-0.2, 0) is 32.7 Å². The molecule has 0 saturated carbocycles. The van der Waals surface area contributed by atoms with Crippen LogP contribution >= 0.6 is 7.82 Å². The van der Waals surface area contributed by atoms with Crippen LogP contribution in [0.15, 0.2) is 0 Å². The third-order valence-electron chi connectivity index (χ3n) is 8.99. The summed E-state index contributed by atoms with van der Waals surface area (Å²) in [6.07, 6.45) is 34.1. The Hall–Kier alpha value is -0.990. The standard InChI is InChI=1S/C39H78NO8P/c1-3-5-7-9-11-13-15-17-18-20-21-23-25-27-29-31-38(41)45-35-37(36-47-49(43,44)46-34-33-40)48-39(42)32-30-28-26-24-22-19-16-14-12-10-8-6-4-2/h37H,3-36,40H2,1-2H3,(H,43,44). The zero-order chi connectivity index (χ0) is 36.1. The first kappa shape index (κ1) is 48.0. The van der Waals surface area contributed by atoms with Crippen LogP contribution in [0.25, 0.3) is 0 Å². The first-order valence-corrected chi connectivity index (χ1v) is 22.0. The Bertz CT molecular complexity index is 784. The Balaban J connectivity index is 4.14. The van der Waals surface area contributed by atoms with Gasteiger partial charge in [-0.15, -0.1) is 0 Å². The van der Waals surface area contributed by atoms with Gasteiger partial charge in [0.1, 0.15) is 6.61 Å². The van der Waals surface area contributed by atoms with Crippen molar-refractivity contribution in [1.82, 2.24) is 0 Å². The van der Waals surface area contributed by atoms with E-state index in [0.29, 0.717) is 6.42 Å². The van der Waals surface area contributed by atoms with Gasteiger partial charge in [-0.2, -0.15) is 0 Å². The van der Waals surface area contributed by atoms with Crippen molar-refractivity contribution in [2.24, 2.45) is 5.73 Å². The van der Waals surface area contributed by atoms with Gasteiger partial charge in [0, 0.05) is 19.4 Å². The number of unbranched alkanes of at least 4 members (excludes halogenated alkanes) is 26. The molecule has 0 heterocycles. The first-order valence-electron chi connectivity index (χ1n) is 20.5. The summed E-state index contributed by atoms with van der Waals surface area (Å²) in [7, 11) is -4.36. The largest absolute Gasteiger partial charge is 0.472 e. The third-order valence-corrected chi connectivity index (χ3v) is 9.98. The van der Waals surface area contributed by atoms with Gasteiger partial charge in [0.15, 0.2) is 6.10 Å². The van der Waals surface area contributed by atoms with Gasteiger partial charge in [0.25, 0.3) is 0 Å². The Morgan fingerprint density at radius 3 is 1.24 bits per heavy atom. The molecule has 10 heteroatoms. The van der Waals surface area contributed by atoms with Gasteiger partial charge in [-0.25, -0.2) is 4.57 Å². The first-order chi connectivity index (χ1) is 23.8. The highest BCUT2D eigenvalue weighted by molar-refractivity contribution is 7.47. The minimum Gasteiger partial charge on any atom is -0.462 e. The number of phosphoric acid groups is 1. The number of ether oxygens (including phenoxy) is 2. The fourth-order valence-electron chi connectivity index (χ4n) is 5.93. The lowest BCUT2D eigenvalue weighted by Gasteiger charge is -2.19. The van der Waals surface area contributed by atoms with Crippen LogP contribution in [0.2, 0.25) is 0 Å². The van der Waals surface area contributed by atoms with Gasteiger partial charge >= 0.3 is 19.8 Å². The molecular weight excluding hydrogens is 641 g/mol. The maximum atomic E-state index is 12.5. The van der Waals surface area contributed by atoms with Crippen molar-refractivity contribution < 1.29 is 37.6 Å². The lowest BCUT2D eigenvalue weighted by molar-refractivity contribution is -0.161. The van der Waals surface area contributed by atoms with Crippen molar-refractivity contribution in [2.75, 3.05) is 26.4 Å². The quantitative estimate of drug-likeness (QED) is 0.0361. The van der Waals surface area contributed by atoms with Gasteiger partial charge in [0.05, 0.1) is 13.2 Å². The molecule has 0 rings (SSSR count). The number of nitrogens with two attached hydrogens (primary N) is 1. The van der Waals surface area contributed by atoms with Crippen LogP contribution in [0, 0.1) is 0 Å². The topological polar surface area (TPSA) is 134 Å². The Morgan fingerprint density at radius 2 is 0.878 bits per heavy atom. The Labute approximate surface area is 301 Å². The summed E-state index contributed by atoms with van der Waals surface area (Å²) < 4.78 is 32.7. The highest BCUT2D eigenvalue weighted by Gasteiger charge is 2.26. The molecule has 2 atom stereocenters. The van der Waals surface area contributed by atoms with Crippen LogP contribution in [-0.4, -0.2) is 49.3 Å². The molecule has 0 radical (unpaired) electrons.